The van der Waals surface area contributed by atoms with Crippen LogP contribution < -0.4 is 10.6 Å². The second-order valence-electron chi connectivity index (χ2n) is 5.11. The molecule has 0 aliphatic rings. The van der Waals surface area contributed by atoms with Crippen LogP contribution in [0.3, 0.4) is 0 Å². The Morgan fingerprint density at radius 3 is 1.89 bits per heavy atom. The Morgan fingerprint density at radius 2 is 1.44 bits per heavy atom. The maximum atomic E-state index is 10.9. The van der Waals surface area contributed by atoms with Gasteiger partial charge in [-0.25, -0.2) is 19.2 Å². The highest BCUT2D eigenvalue weighted by Crippen LogP contribution is 1.92. The van der Waals surface area contributed by atoms with Crippen LogP contribution in [-0.2, 0) is 28.5 Å². The van der Waals surface area contributed by atoms with Crippen LogP contribution in [0.2, 0.25) is 0 Å². The van der Waals surface area contributed by atoms with Crippen molar-refractivity contribution in [3.8, 4) is 0 Å². The number of amides is 2. The van der Waals surface area contributed by atoms with Crippen molar-refractivity contribution < 1.29 is 41.0 Å². The minimum Gasteiger partial charge on any atom is -0.459 e. The largest absolute Gasteiger partial charge is 0.459 e. The first-order chi connectivity index (χ1) is 12.6. The molecule has 0 radical (unpaired) electrons. The summed E-state index contributed by atoms with van der Waals surface area (Å²) in [5, 5.41) is 4.78. The van der Waals surface area contributed by atoms with Crippen LogP contribution in [0.15, 0.2) is 24.8 Å². The molecular weight excluding hydrogens is 360 g/mol. The number of esters is 2. The molecule has 0 aromatic rings. The molecule has 0 saturated heterocycles. The van der Waals surface area contributed by atoms with E-state index in [2.05, 4.69) is 33.3 Å². The van der Waals surface area contributed by atoms with Gasteiger partial charge in [-0.3, -0.25) is 0 Å². The molecular formula is C17H32N2O8. The average molecular weight is 392 g/mol. The van der Waals surface area contributed by atoms with E-state index in [0.29, 0.717) is 5.57 Å². The normalized spacial score (nSPS) is 9.07. The molecule has 158 valence electrons. The highest BCUT2D eigenvalue weighted by molar-refractivity contribution is 5.86. The fourth-order valence-electron chi connectivity index (χ4n) is 1.08. The van der Waals surface area contributed by atoms with E-state index < -0.39 is 24.1 Å². The van der Waals surface area contributed by atoms with Crippen molar-refractivity contribution in [2.45, 2.75) is 26.8 Å². The third-order valence-electron chi connectivity index (χ3n) is 2.24. The lowest BCUT2D eigenvalue weighted by Crippen LogP contribution is -2.31. The molecule has 0 aromatic heterocycles. The molecule has 0 aliphatic carbocycles. The maximum absolute atomic E-state index is 10.9. The number of hydrogen-bond donors (Lipinski definition) is 2. The Balaban J connectivity index is -0.000000206. The Bertz CT molecular complexity index is 528. The molecule has 0 heterocycles. The lowest BCUT2D eigenvalue weighted by molar-refractivity contribution is -0.140. The first-order valence-electron chi connectivity index (χ1n) is 8.03. The van der Waals surface area contributed by atoms with Gasteiger partial charge in [0, 0.05) is 27.6 Å². The van der Waals surface area contributed by atoms with Crippen molar-refractivity contribution in [3.63, 3.8) is 0 Å². The molecule has 2 amide bonds. The number of ether oxygens (including phenoxy) is 4. The van der Waals surface area contributed by atoms with E-state index in [1.165, 1.54) is 7.05 Å². The zero-order valence-electron chi connectivity index (χ0n) is 16.2. The summed E-state index contributed by atoms with van der Waals surface area (Å²) in [6.07, 6.45) is -0.0269. The van der Waals surface area contributed by atoms with Crippen LogP contribution in [0.5, 0.6) is 0 Å². The van der Waals surface area contributed by atoms with E-state index in [1.807, 2.05) is 13.8 Å². The van der Waals surface area contributed by atoms with Crippen molar-refractivity contribution in [3.05, 3.63) is 24.8 Å². The third kappa shape index (κ3) is 19.1. The van der Waals surface area contributed by atoms with Crippen molar-refractivity contribution in [1.82, 2.24) is 10.6 Å². The molecule has 2 N–H and O–H groups in total. The van der Waals surface area contributed by atoms with Crippen LogP contribution in [0.25, 0.3) is 0 Å². The van der Waals surface area contributed by atoms with Gasteiger partial charge in [-0.1, -0.05) is 13.2 Å². The van der Waals surface area contributed by atoms with Gasteiger partial charge in [-0.05, 0) is 20.8 Å². The average Bonchev–Trinajstić information content (AvgIpc) is 2.61. The standard InChI is InChI=1S/C10H17NO4.C7H11NO4.2H2/c1-7(2)9(12)14-5-6-15-10(13)11-8(3)4;1-3-6(9)11-4-5-12-7(10)8-2;;/h8H,1,5-6H2,2-4H3,(H,11,13);3H,1,4-5H2,2H3,(H,8,10);2*1H. The topological polar surface area (TPSA) is 129 Å². The van der Waals surface area contributed by atoms with Crippen molar-refractivity contribution in [2.24, 2.45) is 0 Å². The van der Waals surface area contributed by atoms with E-state index >= 15 is 0 Å². The summed E-state index contributed by atoms with van der Waals surface area (Å²) in [6, 6.07) is 0.0236. The minimum absolute atomic E-state index is 0. The molecule has 0 fully saturated rings. The number of nitrogens with one attached hydrogen (secondary N) is 2. The summed E-state index contributed by atoms with van der Waals surface area (Å²) < 4.78 is 18.5. The second kappa shape index (κ2) is 16.4. The van der Waals surface area contributed by atoms with Gasteiger partial charge in [-0.15, -0.1) is 0 Å². The highest BCUT2D eigenvalue weighted by Gasteiger charge is 2.05. The van der Waals surface area contributed by atoms with Crippen molar-refractivity contribution >= 4 is 24.1 Å². The van der Waals surface area contributed by atoms with E-state index in [4.69, 9.17) is 9.47 Å². The summed E-state index contributed by atoms with van der Waals surface area (Å²) in [7, 11) is 1.44. The molecule has 0 saturated carbocycles. The number of hydrogen-bond acceptors (Lipinski definition) is 8. The molecule has 0 atom stereocenters. The quantitative estimate of drug-likeness (QED) is 0.263. The van der Waals surface area contributed by atoms with Gasteiger partial charge >= 0.3 is 24.1 Å². The molecule has 0 rings (SSSR count). The van der Waals surface area contributed by atoms with Gasteiger partial charge in [-0.2, -0.15) is 0 Å². The number of alkyl carbamates (subject to hydrolysis) is 2. The monoisotopic (exact) mass is 392 g/mol. The number of rotatable bonds is 9. The maximum Gasteiger partial charge on any atom is 0.407 e. The van der Waals surface area contributed by atoms with Crippen LogP contribution in [0.1, 0.15) is 23.6 Å². The Hall–Kier alpha value is -3.04. The predicted octanol–water partition coefficient (Wildman–Crippen LogP) is 1.80. The first-order valence-corrected chi connectivity index (χ1v) is 8.03. The summed E-state index contributed by atoms with van der Waals surface area (Å²) in [5.74, 6) is -1.02. The third-order valence-corrected chi connectivity index (χ3v) is 2.24. The second-order valence-corrected chi connectivity index (χ2v) is 5.11. The van der Waals surface area contributed by atoms with Crippen LogP contribution in [0.4, 0.5) is 9.59 Å². The molecule has 10 heteroatoms. The van der Waals surface area contributed by atoms with E-state index in [1.54, 1.807) is 6.92 Å². The van der Waals surface area contributed by atoms with Crippen molar-refractivity contribution in [2.75, 3.05) is 33.5 Å². The molecule has 0 aliphatic heterocycles. The lowest BCUT2D eigenvalue weighted by atomic mass is 10.4. The Morgan fingerprint density at radius 1 is 0.963 bits per heavy atom. The molecule has 10 nitrogen and oxygen atoms in total. The number of carbonyl (C=O) groups is 4. The van der Waals surface area contributed by atoms with Gasteiger partial charge in [0.1, 0.15) is 26.4 Å². The molecule has 0 unspecified atom stereocenters. The SMILES string of the molecule is C=C(C)C(=O)OCCOC(=O)NC(C)C.C=CC(=O)OCCOC(=O)NC.[HH].[HH]. The molecule has 27 heavy (non-hydrogen) atoms. The van der Waals surface area contributed by atoms with Gasteiger partial charge < -0.3 is 29.6 Å². The summed E-state index contributed by atoms with van der Waals surface area (Å²) in [5.41, 5.74) is 0.321. The van der Waals surface area contributed by atoms with E-state index in [0.717, 1.165) is 6.08 Å². The lowest BCUT2D eigenvalue weighted by Gasteiger charge is -2.09. The van der Waals surface area contributed by atoms with Gasteiger partial charge in [0.2, 0.25) is 0 Å². The zero-order chi connectivity index (χ0) is 21.2. The van der Waals surface area contributed by atoms with Gasteiger partial charge in [0.15, 0.2) is 0 Å². The molecule has 0 spiro atoms. The van der Waals surface area contributed by atoms with Crippen LogP contribution in [-0.4, -0.2) is 63.6 Å². The predicted molar refractivity (Wildman–Crippen MR) is 101 cm³/mol. The Kier molecular flexibility index (Phi) is 15.9. The highest BCUT2D eigenvalue weighted by atomic mass is 16.6. The van der Waals surface area contributed by atoms with Crippen LogP contribution in [0, 0.1) is 0 Å². The molecule has 0 aromatic carbocycles. The molecule has 0 bridgehead atoms. The van der Waals surface area contributed by atoms with Crippen LogP contribution >= 0.6 is 0 Å². The summed E-state index contributed by atoms with van der Waals surface area (Å²) >= 11 is 0. The zero-order valence-corrected chi connectivity index (χ0v) is 16.2. The fraction of sp³-hybridized carbons (Fsp3) is 0.529. The van der Waals surface area contributed by atoms with E-state index in [-0.39, 0.29) is 35.3 Å². The van der Waals surface area contributed by atoms with Crippen molar-refractivity contribution in [1.29, 1.82) is 0 Å². The Labute approximate surface area is 161 Å². The van der Waals surface area contributed by atoms with E-state index in [9.17, 15) is 19.2 Å². The summed E-state index contributed by atoms with van der Waals surface area (Å²) in [6.45, 7) is 12.0. The van der Waals surface area contributed by atoms with Gasteiger partial charge in [0.05, 0.1) is 0 Å². The first kappa shape index (κ1) is 26.2. The summed E-state index contributed by atoms with van der Waals surface area (Å²) in [4.78, 5) is 42.7. The number of carbonyl (C=O) groups excluding carboxylic acids is 4. The smallest absolute Gasteiger partial charge is 0.407 e. The van der Waals surface area contributed by atoms with Gasteiger partial charge in [0.25, 0.3) is 0 Å². The minimum atomic E-state index is -0.551. The fourth-order valence-corrected chi connectivity index (χ4v) is 1.08.